The maximum atomic E-state index is 6.04. The molecule has 0 spiro atoms. The Hall–Kier alpha value is 0.150. The van der Waals surface area contributed by atoms with Crippen LogP contribution in [0.4, 0.5) is 0 Å². The summed E-state index contributed by atoms with van der Waals surface area (Å²) < 4.78 is 5.31. The van der Waals surface area contributed by atoms with E-state index in [2.05, 4.69) is 23.3 Å². The molecule has 2 N–H and O–H groups in total. The van der Waals surface area contributed by atoms with Crippen molar-refractivity contribution in [2.75, 3.05) is 23.5 Å². The van der Waals surface area contributed by atoms with Crippen LogP contribution in [-0.2, 0) is 0 Å². The first-order valence-electron chi connectivity index (χ1n) is 6.03. The molecule has 2 unspecified atom stereocenters. The molecule has 18 heavy (non-hydrogen) atoms. The normalized spacial score (nSPS) is 26.2. The summed E-state index contributed by atoms with van der Waals surface area (Å²) >= 11 is 5.67. The molecule has 2 rings (SSSR count). The van der Waals surface area contributed by atoms with Gasteiger partial charge in [-0.15, -0.1) is 11.8 Å². The van der Waals surface area contributed by atoms with Crippen LogP contribution >= 0.6 is 35.3 Å². The molecule has 0 radical (unpaired) electrons. The average Bonchev–Trinajstić information content (AvgIpc) is 2.86. The van der Waals surface area contributed by atoms with Crippen LogP contribution < -0.4 is 5.73 Å². The van der Waals surface area contributed by atoms with Crippen molar-refractivity contribution >= 4 is 35.3 Å². The molecule has 4 nitrogen and oxygen atoms in total. The maximum Gasteiger partial charge on any atom is 0.243 e. The summed E-state index contributed by atoms with van der Waals surface area (Å²) in [6.07, 6.45) is 2.95. The van der Waals surface area contributed by atoms with E-state index in [1.54, 1.807) is 11.8 Å². The monoisotopic (exact) mass is 305 g/mol. The minimum absolute atomic E-state index is 0.129. The van der Waals surface area contributed by atoms with E-state index in [9.17, 15) is 0 Å². The van der Waals surface area contributed by atoms with Crippen LogP contribution in [0.1, 0.15) is 36.4 Å². The number of rotatable bonds is 5. The van der Waals surface area contributed by atoms with E-state index in [-0.39, 0.29) is 6.04 Å². The first-order valence-corrected chi connectivity index (χ1v) is 9.52. The molecule has 0 aliphatic carbocycles. The van der Waals surface area contributed by atoms with Gasteiger partial charge in [-0.2, -0.15) is 28.5 Å². The number of hydrogen-bond donors (Lipinski definition) is 1. The van der Waals surface area contributed by atoms with Gasteiger partial charge in [-0.25, -0.2) is 0 Å². The van der Waals surface area contributed by atoms with Crippen molar-refractivity contribution in [1.82, 2.24) is 10.1 Å². The molecule has 0 amide bonds. The molecular weight excluding hydrogens is 286 g/mol. The van der Waals surface area contributed by atoms with Crippen LogP contribution in [0.3, 0.4) is 0 Å². The molecule has 1 saturated heterocycles. The van der Waals surface area contributed by atoms with Gasteiger partial charge in [0.05, 0.1) is 11.3 Å². The van der Waals surface area contributed by atoms with Crippen LogP contribution in [0.2, 0.25) is 0 Å². The molecule has 1 fully saturated rings. The predicted molar refractivity (Wildman–Crippen MR) is 81.3 cm³/mol. The second-order valence-corrected chi connectivity index (χ2v) is 7.97. The van der Waals surface area contributed by atoms with E-state index in [0.717, 1.165) is 23.8 Å². The van der Waals surface area contributed by atoms with Crippen LogP contribution in [0.15, 0.2) is 4.52 Å². The van der Waals surface area contributed by atoms with Crippen LogP contribution in [0.5, 0.6) is 0 Å². The number of aromatic nitrogens is 2. The highest BCUT2D eigenvalue weighted by Crippen LogP contribution is 2.41. The Balaban J connectivity index is 2.00. The van der Waals surface area contributed by atoms with Crippen molar-refractivity contribution in [3.8, 4) is 0 Å². The van der Waals surface area contributed by atoms with Crippen LogP contribution in [-0.4, -0.2) is 38.9 Å². The van der Waals surface area contributed by atoms with Crippen molar-refractivity contribution in [2.45, 2.75) is 29.9 Å². The zero-order valence-corrected chi connectivity index (χ0v) is 13.1. The van der Waals surface area contributed by atoms with Gasteiger partial charge in [0.1, 0.15) is 0 Å². The zero-order chi connectivity index (χ0) is 13.0. The third kappa shape index (κ3) is 3.59. The number of nitrogens with two attached hydrogens (primary N) is 1. The van der Waals surface area contributed by atoms with Gasteiger partial charge in [0, 0.05) is 16.8 Å². The van der Waals surface area contributed by atoms with Gasteiger partial charge in [0.25, 0.3) is 0 Å². The predicted octanol–water partition coefficient (Wildman–Crippen LogP) is 2.73. The largest absolute Gasteiger partial charge is 0.338 e. The van der Waals surface area contributed by atoms with Crippen molar-refractivity contribution in [2.24, 2.45) is 5.73 Å². The summed E-state index contributed by atoms with van der Waals surface area (Å²) in [6, 6.07) is -0.129. The Bertz CT molecular complexity index is 374. The first-order chi connectivity index (χ1) is 8.72. The van der Waals surface area contributed by atoms with Gasteiger partial charge in [0.15, 0.2) is 5.82 Å². The highest BCUT2D eigenvalue weighted by molar-refractivity contribution is 8.06. The Kier molecular flexibility index (Phi) is 5.72. The van der Waals surface area contributed by atoms with Crippen molar-refractivity contribution in [3.05, 3.63) is 11.7 Å². The Labute approximate surface area is 121 Å². The summed E-state index contributed by atoms with van der Waals surface area (Å²) in [6.45, 7) is 2.23. The van der Waals surface area contributed by atoms with Crippen molar-refractivity contribution in [3.63, 3.8) is 0 Å². The smallest absolute Gasteiger partial charge is 0.243 e. The number of thioether (sulfide) groups is 3. The number of nitrogens with zero attached hydrogens (tertiary/aromatic N) is 2. The summed E-state index contributed by atoms with van der Waals surface area (Å²) in [4.78, 5) is 4.49. The lowest BCUT2D eigenvalue weighted by Gasteiger charge is -2.24. The molecule has 1 aromatic heterocycles. The Morgan fingerprint density at radius 1 is 1.50 bits per heavy atom. The Morgan fingerprint density at radius 3 is 3.00 bits per heavy atom. The third-order valence-electron chi connectivity index (χ3n) is 2.85. The fourth-order valence-electron chi connectivity index (χ4n) is 1.80. The quantitative estimate of drug-likeness (QED) is 0.897. The van der Waals surface area contributed by atoms with Crippen LogP contribution in [0, 0.1) is 0 Å². The second kappa shape index (κ2) is 7.07. The summed E-state index contributed by atoms with van der Waals surface area (Å²) in [5, 5.41) is 4.99. The molecule has 3 atom stereocenters. The number of hydrogen-bond acceptors (Lipinski definition) is 7. The van der Waals surface area contributed by atoms with Gasteiger partial charge >= 0.3 is 0 Å². The summed E-state index contributed by atoms with van der Waals surface area (Å²) in [5.74, 6) is 4.78. The minimum Gasteiger partial charge on any atom is -0.338 e. The molecule has 7 heteroatoms. The minimum atomic E-state index is -0.129. The fourth-order valence-corrected chi connectivity index (χ4v) is 4.97. The van der Waals surface area contributed by atoms with E-state index >= 15 is 0 Å². The van der Waals surface area contributed by atoms with Crippen molar-refractivity contribution in [1.29, 1.82) is 0 Å². The van der Waals surface area contributed by atoms with Gasteiger partial charge in [-0.05, 0) is 18.4 Å². The highest BCUT2D eigenvalue weighted by atomic mass is 32.2. The fraction of sp³-hybridized carbons (Fsp3) is 0.818. The van der Waals surface area contributed by atoms with Gasteiger partial charge < -0.3 is 10.3 Å². The standard InChI is InChI=1S/C11H19N3OS3/c1-7-9(18-6-5-17-7)10-13-11(15-14-10)8(12)3-4-16-2/h7-9H,3-6,12H2,1-2H3/t7?,8-,9?/m1/s1. The van der Waals surface area contributed by atoms with E-state index in [1.165, 1.54) is 5.75 Å². The lowest BCUT2D eigenvalue weighted by Crippen LogP contribution is -2.17. The summed E-state index contributed by atoms with van der Waals surface area (Å²) in [7, 11) is 0. The van der Waals surface area contributed by atoms with Gasteiger partial charge in [0.2, 0.25) is 5.89 Å². The topological polar surface area (TPSA) is 64.9 Å². The molecule has 1 aromatic rings. The molecule has 1 aliphatic rings. The third-order valence-corrected chi connectivity index (χ3v) is 6.58. The van der Waals surface area contributed by atoms with Gasteiger partial charge in [-0.3, -0.25) is 0 Å². The average molecular weight is 305 g/mol. The SMILES string of the molecule is CSCC[C@@H](N)c1nc(C2SCCSC2C)no1. The molecule has 0 saturated carbocycles. The molecule has 0 aromatic carbocycles. The van der Waals surface area contributed by atoms with Crippen molar-refractivity contribution < 1.29 is 4.52 Å². The Morgan fingerprint density at radius 2 is 2.28 bits per heavy atom. The molecular formula is C11H19N3OS3. The molecule has 1 aliphatic heterocycles. The lowest BCUT2D eigenvalue weighted by atomic mass is 10.2. The van der Waals surface area contributed by atoms with Crippen LogP contribution in [0.25, 0.3) is 0 Å². The van der Waals surface area contributed by atoms with Gasteiger partial charge in [-0.1, -0.05) is 12.1 Å². The molecule has 102 valence electrons. The lowest BCUT2D eigenvalue weighted by molar-refractivity contribution is 0.348. The maximum absolute atomic E-state index is 6.04. The van der Waals surface area contributed by atoms with E-state index in [4.69, 9.17) is 10.3 Å². The zero-order valence-electron chi connectivity index (χ0n) is 10.7. The first kappa shape index (κ1) is 14.6. The second-order valence-electron chi connectivity index (χ2n) is 4.25. The summed E-state index contributed by atoms with van der Waals surface area (Å²) in [5.41, 5.74) is 6.04. The van der Waals surface area contributed by atoms with E-state index in [1.807, 2.05) is 23.5 Å². The highest BCUT2D eigenvalue weighted by Gasteiger charge is 2.29. The van der Waals surface area contributed by atoms with E-state index in [0.29, 0.717) is 16.4 Å². The molecule has 0 bridgehead atoms. The molecule has 2 heterocycles. The van der Waals surface area contributed by atoms with E-state index < -0.39 is 0 Å².